The van der Waals surface area contributed by atoms with Crippen LogP contribution < -0.4 is 9.47 Å². The van der Waals surface area contributed by atoms with Crippen LogP contribution in [0, 0.1) is 0 Å². The molecule has 1 heterocycles. The number of aliphatic hydroxyl groups is 1. The van der Waals surface area contributed by atoms with Crippen LogP contribution in [0.4, 0.5) is 43.9 Å². The summed E-state index contributed by atoms with van der Waals surface area (Å²) in [7, 11) is 0. The molecule has 0 amide bonds. The first-order valence-electron chi connectivity index (χ1n) is 11.4. The summed E-state index contributed by atoms with van der Waals surface area (Å²) in [6, 6.07) is 4.58. The van der Waals surface area contributed by atoms with E-state index in [-0.39, 0.29) is 35.2 Å². The van der Waals surface area contributed by atoms with Gasteiger partial charge in [0.2, 0.25) is 0 Å². The molecule has 3 aromatic rings. The number of aromatic nitrogens is 1. The van der Waals surface area contributed by atoms with Crippen LogP contribution in [0.2, 0.25) is 0 Å². The molecule has 14 heteroatoms. The second-order valence-electron chi connectivity index (χ2n) is 7.72. The molecule has 0 bridgehead atoms. The molecule has 4 nitrogen and oxygen atoms in total. The first-order valence-corrected chi connectivity index (χ1v) is 10.4. The Kier molecular flexibility index (Phi) is 7.58. The van der Waals surface area contributed by atoms with Crippen LogP contribution in [0.5, 0.6) is 11.5 Å². The molecule has 1 aromatic heterocycles. The maximum Gasteiger partial charge on any atom is 0.430 e. The molecule has 0 spiro atoms. The normalized spacial score (nSPS) is 14.3. The van der Waals surface area contributed by atoms with E-state index < -0.39 is 54.2 Å². The van der Waals surface area contributed by atoms with Gasteiger partial charge >= 0.3 is 25.6 Å². The van der Waals surface area contributed by atoms with E-state index >= 15 is 0 Å². The Morgan fingerprint density at radius 1 is 0.763 bits per heavy atom. The van der Waals surface area contributed by atoms with Gasteiger partial charge in [0.1, 0.15) is 0 Å². The Morgan fingerprint density at radius 2 is 1.26 bits per heavy atom. The monoisotopic (exact) mass is 561 g/mol. The number of nitrogens with zero attached hydrogens (tertiary/aromatic N) is 1. The minimum atomic E-state index is -6.15. The van der Waals surface area contributed by atoms with Gasteiger partial charge in [0, 0.05) is 23.9 Å². The quantitative estimate of drug-likeness (QED) is 0.287. The van der Waals surface area contributed by atoms with Gasteiger partial charge in [0.25, 0.3) is 5.60 Å². The standard InChI is InChI=1S/C24H17F10NO3/c25-20(26)37-18-6-3-15(12-19(18)38-21(27)28)17(11-13-7-9-35-10-8-13)14-1-4-16(5-2-14)22(36,23(29,30)31)24(32,33)34/h1-10,12,17,20-21,36H,11H2/i7T,8T. The fourth-order valence-corrected chi connectivity index (χ4v) is 3.63. The van der Waals surface area contributed by atoms with Crippen LogP contribution in [0.15, 0.2) is 66.9 Å². The maximum atomic E-state index is 13.3. The van der Waals surface area contributed by atoms with E-state index in [1.54, 1.807) is 0 Å². The second kappa shape index (κ2) is 11.1. The van der Waals surface area contributed by atoms with Gasteiger partial charge in [-0.3, -0.25) is 4.98 Å². The van der Waals surface area contributed by atoms with Gasteiger partial charge < -0.3 is 14.6 Å². The predicted molar refractivity (Wildman–Crippen MR) is 112 cm³/mol. The molecule has 0 aliphatic heterocycles. The number of hydrogen-bond donors (Lipinski definition) is 1. The summed E-state index contributed by atoms with van der Waals surface area (Å²) in [5, 5.41) is 9.66. The lowest BCUT2D eigenvalue weighted by molar-refractivity contribution is -0.376. The highest BCUT2D eigenvalue weighted by Gasteiger charge is 2.71. The van der Waals surface area contributed by atoms with Gasteiger partial charge in [-0.05, 0) is 47.3 Å². The van der Waals surface area contributed by atoms with Crippen LogP contribution in [-0.4, -0.2) is 35.7 Å². The molecule has 1 atom stereocenters. The molecule has 0 radical (unpaired) electrons. The van der Waals surface area contributed by atoms with Gasteiger partial charge in [-0.25, -0.2) is 0 Å². The van der Waals surface area contributed by atoms with Crippen molar-refractivity contribution in [3.63, 3.8) is 0 Å². The minimum absolute atomic E-state index is 0.00963. The third-order valence-corrected chi connectivity index (χ3v) is 5.39. The molecular weight excluding hydrogens is 540 g/mol. The zero-order valence-corrected chi connectivity index (χ0v) is 18.6. The molecule has 0 fully saturated rings. The Labute approximate surface area is 211 Å². The van der Waals surface area contributed by atoms with Gasteiger partial charge in [0.15, 0.2) is 11.5 Å². The molecule has 1 unspecified atom stereocenters. The number of ether oxygens (including phenoxy) is 2. The van der Waals surface area contributed by atoms with E-state index in [0.29, 0.717) is 12.1 Å². The summed E-state index contributed by atoms with van der Waals surface area (Å²) in [6.07, 6.45) is -10.5. The van der Waals surface area contributed by atoms with E-state index in [2.05, 4.69) is 14.5 Å². The molecule has 0 aliphatic rings. The lowest BCUT2D eigenvalue weighted by Crippen LogP contribution is -2.53. The van der Waals surface area contributed by atoms with Crippen LogP contribution in [-0.2, 0) is 12.0 Å². The van der Waals surface area contributed by atoms with Crippen molar-refractivity contribution in [3.05, 3.63) is 89.2 Å². The average molecular weight is 561 g/mol. The predicted octanol–water partition coefficient (Wildman–Crippen LogP) is 6.97. The summed E-state index contributed by atoms with van der Waals surface area (Å²) in [5.74, 6) is -2.81. The van der Waals surface area contributed by atoms with Crippen molar-refractivity contribution < 1.29 is 61.2 Å². The van der Waals surface area contributed by atoms with Crippen molar-refractivity contribution in [2.75, 3.05) is 0 Å². The van der Waals surface area contributed by atoms with Crippen molar-refractivity contribution in [3.8, 4) is 11.5 Å². The SMILES string of the molecule is [3H]c1cncc([3H])c1CC(c1ccc(C(O)(C(F)(F)F)C(F)(F)F)cc1)c1ccc(OC(F)F)c(OC(F)F)c1. The number of pyridine rings is 1. The first-order chi connectivity index (χ1) is 18.5. The van der Waals surface area contributed by atoms with Gasteiger partial charge in [-0.2, -0.15) is 43.9 Å². The number of alkyl halides is 10. The number of benzene rings is 2. The Hall–Kier alpha value is -3.55. The van der Waals surface area contributed by atoms with E-state index in [4.69, 9.17) is 2.74 Å². The third kappa shape index (κ3) is 6.29. The lowest BCUT2D eigenvalue weighted by Gasteiger charge is -2.33. The van der Waals surface area contributed by atoms with Crippen molar-refractivity contribution in [1.29, 1.82) is 0 Å². The van der Waals surface area contributed by atoms with Crippen LogP contribution >= 0.6 is 0 Å². The number of halogens is 10. The summed E-state index contributed by atoms with van der Waals surface area (Å²) in [5.41, 5.74) is -6.84. The molecular formula is C24H17F10NO3. The molecule has 3 rings (SSSR count). The average Bonchev–Trinajstić information content (AvgIpc) is 2.83. The Morgan fingerprint density at radius 3 is 1.76 bits per heavy atom. The number of hydrogen-bond acceptors (Lipinski definition) is 4. The minimum Gasteiger partial charge on any atom is -0.431 e. The Bertz CT molecular complexity index is 1280. The highest BCUT2D eigenvalue weighted by molar-refractivity contribution is 5.47. The molecule has 206 valence electrons. The van der Waals surface area contributed by atoms with Crippen molar-refractivity contribution in [2.45, 2.75) is 43.5 Å². The number of rotatable bonds is 9. The maximum absolute atomic E-state index is 13.3. The van der Waals surface area contributed by atoms with E-state index in [1.807, 2.05) is 0 Å². The van der Waals surface area contributed by atoms with Crippen LogP contribution in [0.25, 0.3) is 0 Å². The molecule has 0 saturated carbocycles. The highest BCUT2D eigenvalue weighted by atomic mass is 19.4. The van der Waals surface area contributed by atoms with Crippen molar-refractivity contribution in [2.24, 2.45) is 0 Å². The fraction of sp³-hybridized carbons (Fsp3) is 0.292. The van der Waals surface area contributed by atoms with Gasteiger partial charge in [-0.1, -0.05) is 30.3 Å². The summed E-state index contributed by atoms with van der Waals surface area (Å²) in [4.78, 5) is 3.66. The van der Waals surface area contributed by atoms with Crippen LogP contribution in [0.3, 0.4) is 0 Å². The Balaban J connectivity index is 2.17. The molecule has 2 aromatic carbocycles. The lowest BCUT2D eigenvalue weighted by atomic mass is 9.84. The summed E-state index contributed by atoms with van der Waals surface area (Å²) >= 11 is 0. The van der Waals surface area contributed by atoms with E-state index in [9.17, 15) is 49.0 Å². The molecule has 0 saturated heterocycles. The second-order valence-corrected chi connectivity index (χ2v) is 7.72. The molecule has 38 heavy (non-hydrogen) atoms. The zero-order valence-electron chi connectivity index (χ0n) is 20.6. The van der Waals surface area contributed by atoms with Gasteiger partial charge in [0.05, 0.1) is 2.74 Å². The van der Waals surface area contributed by atoms with Crippen molar-refractivity contribution in [1.82, 2.24) is 4.98 Å². The molecule has 1 N–H and O–H groups in total. The van der Waals surface area contributed by atoms with Gasteiger partial charge in [-0.15, -0.1) is 0 Å². The van der Waals surface area contributed by atoms with E-state index in [0.717, 1.165) is 42.7 Å². The van der Waals surface area contributed by atoms with Crippen LogP contribution in [0.1, 0.15) is 30.9 Å². The third-order valence-electron chi connectivity index (χ3n) is 5.39. The van der Waals surface area contributed by atoms with E-state index in [1.165, 1.54) is 0 Å². The highest BCUT2D eigenvalue weighted by Crippen LogP contribution is 2.50. The first kappa shape index (κ1) is 26.1. The van der Waals surface area contributed by atoms with Crippen molar-refractivity contribution >= 4 is 0 Å². The summed E-state index contributed by atoms with van der Waals surface area (Å²) in [6.45, 7) is -6.92. The fourth-order valence-electron chi connectivity index (χ4n) is 3.63. The smallest absolute Gasteiger partial charge is 0.430 e. The summed E-state index contributed by atoms with van der Waals surface area (Å²) < 4.78 is 156. The topological polar surface area (TPSA) is 51.6 Å². The largest absolute Gasteiger partial charge is 0.431 e. The zero-order chi connectivity index (χ0) is 30.0. The molecule has 0 aliphatic carbocycles.